The lowest BCUT2D eigenvalue weighted by atomic mass is 10.2. The van der Waals surface area contributed by atoms with Crippen molar-refractivity contribution in [3.05, 3.63) is 5.28 Å². The Kier molecular flexibility index (Phi) is 3.66. The number of anilines is 1. The molecule has 1 aliphatic rings. The molecular formula is C11H17ClN4O. The van der Waals surface area contributed by atoms with Gasteiger partial charge in [0.05, 0.1) is 6.10 Å². The van der Waals surface area contributed by atoms with Crippen LogP contribution in [-0.4, -0.2) is 34.1 Å². The second kappa shape index (κ2) is 5.04. The Balaban J connectivity index is 2.19. The van der Waals surface area contributed by atoms with E-state index in [1.807, 2.05) is 13.8 Å². The van der Waals surface area contributed by atoms with Crippen LogP contribution in [0.2, 0.25) is 5.28 Å². The van der Waals surface area contributed by atoms with E-state index >= 15 is 0 Å². The minimum atomic E-state index is 0.0267. The van der Waals surface area contributed by atoms with Crippen LogP contribution >= 0.6 is 11.6 Å². The summed E-state index contributed by atoms with van der Waals surface area (Å²) >= 11 is 5.88. The lowest BCUT2D eigenvalue weighted by Gasteiger charge is -2.16. The Labute approximate surface area is 106 Å². The zero-order chi connectivity index (χ0) is 12.4. The van der Waals surface area contributed by atoms with Gasteiger partial charge in [-0.1, -0.05) is 6.92 Å². The molecule has 0 amide bonds. The van der Waals surface area contributed by atoms with Crippen LogP contribution in [0.25, 0.3) is 0 Å². The Hall–Kier alpha value is -1.10. The summed E-state index contributed by atoms with van der Waals surface area (Å²) in [4.78, 5) is 14.5. The summed E-state index contributed by atoms with van der Waals surface area (Å²) in [7, 11) is 0. The molecule has 0 radical (unpaired) electrons. The Morgan fingerprint density at radius 3 is 2.71 bits per heavy atom. The summed E-state index contributed by atoms with van der Waals surface area (Å²) in [6.07, 6.45) is 1.18. The summed E-state index contributed by atoms with van der Waals surface area (Å²) in [5, 5.41) is 0.185. The van der Waals surface area contributed by atoms with E-state index in [-0.39, 0.29) is 11.4 Å². The van der Waals surface area contributed by atoms with Gasteiger partial charge in [-0.2, -0.15) is 15.0 Å². The first kappa shape index (κ1) is 12.4. The third-order valence-corrected chi connectivity index (χ3v) is 2.79. The standard InChI is InChI=1S/C11H17ClN4O/c1-7(2)17-11-14-9(12)13-10(15-11)16-5-4-8(3)6-16/h7-8H,4-6H2,1-3H3. The maximum Gasteiger partial charge on any atom is 0.322 e. The van der Waals surface area contributed by atoms with Crippen molar-refractivity contribution < 1.29 is 4.74 Å². The molecule has 1 aromatic heterocycles. The monoisotopic (exact) mass is 256 g/mol. The number of ether oxygens (including phenoxy) is 1. The minimum Gasteiger partial charge on any atom is -0.461 e. The number of aromatic nitrogens is 3. The molecule has 0 aliphatic carbocycles. The highest BCUT2D eigenvalue weighted by Crippen LogP contribution is 2.22. The average Bonchev–Trinajstić information content (AvgIpc) is 2.62. The van der Waals surface area contributed by atoms with Gasteiger partial charge in [-0.05, 0) is 37.8 Å². The van der Waals surface area contributed by atoms with E-state index in [1.165, 1.54) is 0 Å². The fourth-order valence-corrected chi connectivity index (χ4v) is 1.99. The molecule has 1 aliphatic heterocycles. The van der Waals surface area contributed by atoms with E-state index in [4.69, 9.17) is 16.3 Å². The Morgan fingerprint density at radius 2 is 2.12 bits per heavy atom. The highest BCUT2D eigenvalue weighted by molar-refractivity contribution is 6.28. The molecule has 1 aromatic rings. The zero-order valence-corrected chi connectivity index (χ0v) is 11.1. The first-order chi connectivity index (χ1) is 8.04. The van der Waals surface area contributed by atoms with Gasteiger partial charge in [0.25, 0.3) is 0 Å². The van der Waals surface area contributed by atoms with Crippen molar-refractivity contribution in [3.63, 3.8) is 0 Å². The quantitative estimate of drug-likeness (QED) is 0.830. The van der Waals surface area contributed by atoms with E-state index in [0.717, 1.165) is 19.5 Å². The molecule has 1 fully saturated rings. The first-order valence-electron chi connectivity index (χ1n) is 5.88. The van der Waals surface area contributed by atoms with E-state index in [1.54, 1.807) is 0 Å². The van der Waals surface area contributed by atoms with Crippen LogP contribution in [0.5, 0.6) is 6.01 Å². The lowest BCUT2D eigenvalue weighted by molar-refractivity contribution is 0.221. The van der Waals surface area contributed by atoms with Crippen LogP contribution in [0.1, 0.15) is 27.2 Å². The van der Waals surface area contributed by atoms with Gasteiger partial charge >= 0.3 is 6.01 Å². The van der Waals surface area contributed by atoms with Crippen LogP contribution in [0.4, 0.5) is 5.95 Å². The third kappa shape index (κ3) is 3.19. The molecule has 1 saturated heterocycles. The van der Waals surface area contributed by atoms with Crippen LogP contribution in [0.3, 0.4) is 0 Å². The second-order valence-electron chi connectivity index (χ2n) is 4.69. The number of nitrogens with zero attached hydrogens (tertiary/aromatic N) is 4. The van der Waals surface area contributed by atoms with E-state index < -0.39 is 0 Å². The predicted molar refractivity (Wildman–Crippen MR) is 66.6 cm³/mol. The molecule has 0 spiro atoms. The fourth-order valence-electron chi connectivity index (χ4n) is 1.84. The van der Waals surface area contributed by atoms with Gasteiger partial charge in [-0.25, -0.2) is 0 Å². The average molecular weight is 257 g/mol. The molecule has 94 valence electrons. The highest BCUT2D eigenvalue weighted by atomic mass is 35.5. The van der Waals surface area contributed by atoms with Crippen LogP contribution in [0.15, 0.2) is 0 Å². The molecule has 6 heteroatoms. The fraction of sp³-hybridized carbons (Fsp3) is 0.727. The number of hydrogen-bond donors (Lipinski definition) is 0. The molecule has 1 atom stereocenters. The van der Waals surface area contributed by atoms with Gasteiger partial charge in [0.2, 0.25) is 11.2 Å². The molecule has 5 nitrogen and oxygen atoms in total. The molecular weight excluding hydrogens is 240 g/mol. The second-order valence-corrected chi connectivity index (χ2v) is 5.03. The summed E-state index contributed by atoms with van der Waals surface area (Å²) in [6, 6.07) is 0.301. The van der Waals surface area contributed by atoms with Crippen LogP contribution in [0, 0.1) is 5.92 Å². The molecule has 0 saturated carbocycles. The molecule has 2 heterocycles. The van der Waals surface area contributed by atoms with Crippen LogP contribution in [-0.2, 0) is 0 Å². The minimum absolute atomic E-state index is 0.0267. The number of hydrogen-bond acceptors (Lipinski definition) is 5. The third-order valence-electron chi connectivity index (χ3n) is 2.62. The van der Waals surface area contributed by atoms with Crippen molar-refractivity contribution >= 4 is 17.5 Å². The summed E-state index contributed by atoms with van der Waals surface area (Å²) in [5.74, 6) is 1.28. The SMILES string of the molecule is CC1CCN(c2nc(Cl)nc(OC(C)C)n2)C1. The number of rotatable bonds is 3. The van der Waals surface area contributed by atoms with Gasteiger partial charge in [0.15, 0.2) is 0 Å². The Bertz CT molecular complexity index is 399. The lowest BCUT2D eigenvalue weighted by Crippen LogP contribution is -2.22. The van der Waals surface area contributed by atoms with Gasteiger partial charge in [0.1, 0.15) is 0 Å². The predicted octanol–water partition coefficient (Wildman–Crippen LogP) is 2.16. The van der Waals surface area contributed by atoms with E-state index in [0.29, 0.717) is 17.9 Å². The largest absolute Gasteiger partial charge is 0.461 e. The molecule has 1 unspecified atom stereocenters. The molecule has 17 heavy (non-hydrogen) atoms. The van der Waals surface area contributed by atoms with Gasteiger partial charge in [-0.15, -0.1) is 0 Å². The number of halogens is 1. The smallest absolute Gasteiger partial charge is 0.322 e. The summed E-state index contributed by atoms with van der Waals surface area (Å²) in [6.45, 7) is 7.99. The molecule has 0 bridgehead atoms. The zero-order valence-electron chi connectivity index (χ0n) is 10.4. The van der Waals surface area contributed by atoms with E-state index in [2.05, 4.69) is 26.8 Å². The Morgan fingerprint density at radius 1 is 1.35 bits per heavy atom. The van der Waals surface area contributed by atoms with Gasteiger partial charge in [-0.3, -0.25) is 0 Å². The van der Waals surface area contributed by atoms with Crippen molar-refractivity contribution in [3.8, 4) is 6.01 Å². The van der Waals surface area contributed by atoms with E-state index in [9.17, 15) is 0 Å². The van der Waals surface area contributed by atoms with Crippen LogP contribution < -0.4 is 9.64 Å². The van der Waals surface area contributed by atoms with Crippen molar-refractivity contribution in [1.82, 2.24) is 15.0 Å². The highest BCUT2D eigenvalue weighted by Gasteiger charge is 2.22. The van der Waals surface area contributed by atoms with Gasteiger partial charge < -0.3 is 9.64 Å². The summed E-state index contributed by atoms with van der Waals surface area (Å²) < 4.78 is 5.45. The van der Waals surface area contributed by atoms with Crippen molar-refractivity contribution in [2.45, 2.75) is 33.3 Å². The first-order valence-corrected chi connectivity index (χ1v) is 6.25. The van der Waals surface area contributed by atoms with Gasteiger partial charge in [0, 0.05) is 13.1 Å². The maximum absolute atomic E-state index is 5.88. The summed E-state index contributed by atoms with van der Waals surface area (Å²) in [5.41, 5.74) is 0. The van der Waals surface area contributed by atoms with Crippen molar-refractivity contribution in [2.75, 3.05) is 18.0 Å². The topological polar surface area (TPSA) is 51.1 Å². The molecule has 0 N–H and O–H groups in total. The maximum atomic E-state index is 5.88. The van der Waals surface area contributed by atoms with Crippen molar-refractivity contribution in [1.29, 1.82) is 0 Å². The van der Waals surface area contributed by atoms with Crippen molar-refractivity contribution in [2.24, 2.45) is 5.92 Å². The normalized spacial score (nSPS) is 20.1. The molecule has 0 aromatic carbocycles. The molecule has 2 rings (SSSR count).